The molecule has 1 aromatic rings. The summed E-state index contributed by atoms with van der Waals surface area (Å²) in [6.45, 7) is 0. The van der Waals surface area contributed by atoms with Gasteiger partial charge in [0.2, 0.25) is 0 Å². The summed E-state index contributed by atoms with van der Waals surface area (Å²) < 4.78 is 0. The normalized spacial score (nSPS) is 9.75. The number of carbonyl (C=O) groups is 1. The number of benzene rings is 1. The van der Waals surface area contributed by atoms with Crippen LogP contribution in [0.25, 0.3) is 0 Å². The van der Waals surface area contributed by atoms with Gasteiger partial charge < -0.3 is 4.79 Å². The van der Waals surface area contributed by atoms with Crippen LogP contribution in [0, 0.1) is 20.2 Å². The van der Waals surface area contributed by atoms with E-state index in [0.29, 0.717) is 11.8 Å². The van der Waals surface area contributed by atoms with Crippen molar-refractivity contribution < 1.29 is 14.6 Å². The lowest BCUT2D eigenvalue weighted by Crippen LogP contribution is -1.98. The highest BCUT2D eigenvalue weighted by Gasteiger charge is 2.18. The van der Waals surface area contributed by atoms with E-state index >= 15 is 0 Å². The van der Waals surface area contributed by atoms with Crippen molar-refractivity contribution in [2.75, 3.05) is 0 Å². The summed E-state index contributed by atoms with van der Waals surface area (Å²) in [6, 6.07) is 3.40. The van der Waals surface area contributed by atoms with Crippen LogP contribution in [0.2, 0.25) is 0 Å². The van der Waals surface area contributed by atoms with E-state index in [1.54, 1.807) is 0 Å². The molecule has 16 heavy (non-hydrogen) atoms. The number of rotatable bonds is 5. The number of hydrogen-bond donors (Lipinski definition) is 0. The van der Waals surface area contributed by atoms with E-state index in [1.807, 2.05) is 0 Å². The minimum atomic E-state index is -0.698. The van der Waals surface area contributed by atoms with Gasteiger partial charge in [-0.2, -0.15) is 0 Å². The molecule has 0 spiro atoms. The summed E-state index contributed by atoms with van der Waals surface area (Å²) in [5.74, 6) is 0. The van der Waals surface area contributed by atoms with E-state index < -0.39 is 9.85 Å². The molecule has 0 atom stereocenters. The summed E-state index contributed by atoms with van der Waals surface area (Å²) in [6.07, 6.45) is 1.00. The summed E-state index contributed by atoms with van der Waals surface area (Å²) >= 11 is 0. The van der Waals surface area contributed by atoms with Gasteiger partial charge in [0, 0.05) is 18.1 Å². The molecule has 0 aliphatic rings. The van der Waals surface area contributed by atoms with E-state index in [9.17, 15) is 25.0 Å². The van der Waals surface area contributed by atoms with Crippen molar-refractivity contribution in [3.8, 4) is 0 Å². The maximum Gasteiger partial charge on any atom is 0.279 e. The first-order chi connectivity index (χ1) is 7.56. The van der Waals surface area contributed by atoms with Crippen LogP contribution in [0.15, 0.2) is 18.2 Å². The molecule has 0 heterocycles. The average Bonchev–Trinajstić information content (AvgIpc) is 2.25. The number of hydrogen-bond acceptors (Lipinski definition) is 5. The lowest BCUT2D eigenvalue weighted by atomic mass is 10.1. The minimum Gasteiger partial charge on any atom is -0.303 e. The molecule has 84 valence electrons. The molecule has 0 amide bonds. The topological polar surface area (TPSA) is 103 Å². The maximum atomic E-state index is 10.7. The number of carbonyl (C=O) groups excluding carboxylic acids is 1. The zero-order valence-corrected chi connectivity index (χ0v) is 8.16. The van der Waals surface area contributed by atoms with Gasteiger partial charge in [-0.1, -0.05) is 0 Å². The predicted molar refractivity (Wildman–Crippen MR) is 54.1 cm³/mol. The number of nitro groups is 2. The molecule has 0 aromatic heterocycles. The van der Waals surface area contributed by atoms with Gasteiger partial charge in [-0.3, -0.25) is 20.2 Å². The molecule has 0 radical (unpaired) electrons. The molecule has 0 saturated carbocycles. The van der Waals surface area contributed by atoms with Crippen molar-refractivity contribution in [2.24, 2.45) is 0 Å². The Morgan fingerprint density at radius 2 is 1.88 bits per heavy atom. The standard InChI is InChI=1S/C9H8N2O5/c12-5-1-2-7-3-4-8(10(13)14)6-9(7)11(15)16/h3-6H,1-2H2. The average molecular weight is 224 g/mol. The first-order valence-electron chi connectivity index (χ1n) is 4.41. The van der Waals surface area contributed by atoms with Crippen LogP contribution in [0.4, 0.5) is 11.4 Å². The second-order valence-corrected chi connectivity index (χ2v) is 3.03. The Kier molecular flexibility index (Phi) is 3.65. The third-order valence-corrected chi connectivity index (χ3v) is 2.01. The maximum absolute atomic E-state index is 10.7. The van der Waals surface area contributed by atoms with Gasteiger partial charge in [-0.15, -0.1) is 0 Å². The van der Waals surface area contributed by atoms with Gasteiger partial charge in [0.25, 0.3) is 11.4 Å². The molecule has 0 aliphatic heterocycles. The first kappa shape index (κ1) is 11.8. The molecule has 0 bridgehead atoms. The molecule has 1 aromatic carbocycles. The van der Waals surface area contributed by atoms with Crippen molar-refractivity contribution in [1.82, 2.24) is 0 Å². The van der Waals surface area contributed by atoms with Crippen LogP contribution in [0.3, 0.4) is 0 Å². The number of aldehydes is 1. The Morgan fingerprint density at radius 1 is 1.19 bits per heavy atom. The number of aryl methyl sites for hydroxylation is 1. The quantitative estimate of drug-likeness (QED) is 0.429. The Labute approximate surface area is 90.0 Å². The van der Waals surface area contributed by atoms with Gasteiger partial charge in [0.05, 0.1) is 15.9 Å². The number of non-ortho nitro benzene ring substituents is 1. The van der Waals surface area contributed by atoms with E-state index in [2.05, 4.69) is 0 Å². The molecule has 1 rings (SSSR count). The molecule has 0 aliphatic carbocycles. The summed E-state index contributed by atoms with van der Waals surface area (Å²) in [5, 5.41) is 21.1. The van der Waals surface area contributed by atoms with Crippen molar-refractivity contribution >= 4 is 17.7 Å². The highest BCUT2D eigenvalue weighted by Crippen LogP contribution is 2.25. The molecule has 0 fully saturated rings. The van der Waals surface area contributed by atoms with Crippen LogP contribution in [0.5, 0.6) is 0 Å². The van der Waals surface area contributed by atoms with Gasteiger partial charge in [-0.25, -0.2) is 0 Å². The van der Waals surface area contributed by atoms with Crippen molar-refractivity contribution in [3.63, 3.8) is 0 Å². The van der Waals surface area contributed by atoms with Crippen LogP contribution in [0.1, 0.15) is 12.0 Å². The van der Waals surface area contributed by atoms with Crippen molar-refractivity contribution in [1.29, 1.82) is 0 Å². The Morgan fingerprint density at radius 3 is 2.38 bits per heavy atom. The number of nitro benzene ring substituents is 2. The first-order valence-corrected chi connectivity index (χ1v) is 4.41. The lowest BCUT2D eigenvalue weighted by Gasteiger charge is -2.00. The zero-order valence-electron chi connectivity index (χ0n) is 8.16. The van der Waals surface area contributed by atoms with Crippen LogP contribution in [-0.2, 0) is 11.2 Å². The summed E-state index contributed by atoms with van der Waals surface area (Å²) in [5.41, 5.74) is -0.333. The highest BCUT2D eigenvalue weighted by atomic mass is 16.6. The lowest BCUT2D eigenvalue weighted by molar-refractivity contribution is -0.394. The minimum absolute atomic E-state index is 0.151. The van der Waals surface area contributed by atoms with Crippen LogP contribution in [-0.4, -0.2) is 16.1 Å². The SMILES string of the molecule is O=CCCc1ccc([N+](=O)[O-])cc1[N+](=O)[O-]. The highest BCUT2D eigenvalue weighted by molar-refractivity contribution is 5.53. The second kappa shape index (κ2) is 4.96. The molecular formula is C9H8N2O5. The van der Waals surface area contributed by atoms with Gasteiger partial charge >= 0.3 is 0 Å². The van der Waals surface area contributed by atoms with Crippen LogP contribution >= 0.6 is 0 Å². The molecule has 0 N–H and O–H groups in total. The van der Waals surface area contributed by atoms with Gasteiger partial charge in [0.15, 0.2) is 0 Å². The smallest absolute Gasteiger partial charge is 0.279 e. The Hall–Kier alpha value is -2.31. The fourth-order valence-corrected chi connectivity index (χ4v) is 1.26. The van der Waals surface area contributed by atoms with E-state index in [1.165, 1.54) is 12.1 Å². The van der Waals surface area contributed by atoms with E-state index in [4.69, 9.17) is 0 Å². The van der Waals surface area contributed by atoms with Crippen LogP contribution < -0.4 is 0 Å². The fraction of sp³-hybridized carbons (Fsp3) is 0.222. The zero-order chi connectivity index (χ0) is 12.1. The van der Waals surface area contributed by atoms with Crippen molar-refractivity contribution in [3.05, 3.63) is 44.0 Å². The Bertz CT molecular complexity index is 444. The molecule has 7 heteroatoms. The van der Waals surface area contributed by atoms with Gasteiger partial charge in [0.1, 0.15) is 6.29 Å². The molecular weight excluding hydrogens is 216 g/mol. The third-order valence-electron chi connectivity index (χ3n) is 2.01. The van der Waals surface area contributed by atoms with Crippen molar-refractivity contribution in [2.45, 2.75) is 12.8 Å². The largest absolute Gasteiger partial charge is 0.303 e. The summed E-state index contributed by atoms with van der Waals surface area (Å²) in [4.78, 5) is 29.9. The molecule has 7 nitrogen and oxygen atoms in total. The number of nitrogens with zero attached hydrogens (tertiary/aromatic N) is 2. The van der Waals surface area contributed by atoms with E-state index in [0.717, 1.165) is 6.07 Å². The predicted octanol–water partition coefficient (Wildman–Crippen LogP) is 1.63. The Balaban J connectivity index is 3.13. The molecule has 0 unspecified atom stereocenters. The second-order valence-electron chi connectivity index (χ2n) is 3.03. The molecule has 0 saturated heterocycles. The van der Waals surface area contributed by atoms with Gasteiger partial charge in [-0.05, 0) is 12.5 Å². The monoisotopic (exact) mass is 224 g/mol. The summed E-state index contributed by atoms with van der Waals surface area (Å²) in [7, 11) is 0. The van der Waals surface area contributed by atoms with E-state index in [-0.39, 0.29) is 24.2 Å². The third kappa shape index (κ3) is 2.59. The fourth-order valence-electron chi connectivity index (χ4n) is 1.26.